The predicted molar refractivity (Wildman–Crippen MR) is 141 cm³/mol. The number of fused-ring (bicyclic) bond motifs is 1. The van der Waals surface area contributed by atoms with Crippen LogP contribution in [0.5, 0.6) is 0 Å². The number of hydrazone groups is 1. The van der Waals surface area contributed by atoms with Gasteiger partial charge in [-0.1, -0.05) is 65.1 Å². The zero-order chi connectivity index (χ0) is 23.7. The smallest absolute Gasteiger partial charge is 0.306 e. The van der Waals surface area contributed by atoms with E-state index in [2.05, 4.69) is 11.4 Å². The molecule has 5 rings (SSSR count). The fourth-order valence-corrected chi connectivity index (χ4v) is 5.11. The molecule has 3 aromatic carbocycles. The molecule has 0 unspecified atom stereocenters. The number of amides is 2. The zero-order valence-electron chi connectivity index (χ0n) is 18.2. The Morgan fingerprint density at radius 3 is 2.35 bits per heavy atom. The molecule has 172 valence electrons. The van der Waals surface area contributed by atoms with Gasteiger partial charge in [-0.2, -0.15) is 5.10 Å². The standard InChI is InChI=1S/C27H22Cl3N3O/c28-20-11-7-17(8-12-20)15-19-3-1-6-24-25(19)32-33(26(24)18-9-13-21(29)14-10-18)27(34)31-23-5-2-4-22(30)16-23/h2,4-5,7-16,24,26H,1,3,6H2,(H,31,34)/b19-15+/t24-,26-/m0/s1. The van der Waals surface area contributed by atoms with Gasteiger partial charge in [-0.15, -0.1) is 0 Å². The predicted octanol–water partition coefficient (Wildman–Crippen LogP) is 8.48. The Hall–Kier alpha value is -2.79. The number of benzene rings is 3. The molecule has 2 amide bonds. The first-order valence-electron chi connectivity index (χ1n) is 11.1. The molecule has 1 aliphatic heterocycles. The van der Waals surface area contributed by atoms with E-state index in [1.54, 1.807) is 23.2 Å². The Balaban J connectivity index is 1.52. The molecule has 0 aromatic heterocycles. The van der Waals surface area contributed by atoms with Crippen molar-refractivity contribution < 1.29 is 4.79 Å². The van der Waals surface area contributed by atoms with Gasteiger partial charge < -0.3 is 5.32 Å². The minimum atomic E-state index is -0.296. The fraction of sp³-hybridized carbons (Fsp3) is 0.185. The molecule has 2 atom stereocenters. The summed E-state index contributed by atoms with van der Waals surface area (Å²) in [6.45, 7) is 0. The maximum atomic E-state index is 13.4. The van der Waals surface area contributed by atoms with Gasteiger partial charge >= 0.3 is 6.03 Å². The molecule has 2 aliphatic rings. The molecular formula is C27H22Cl3N3O. The van der Waals surface area contributed by atoms with E-state index in [9.17, 15) is 4.79 Å². The summed E-state index contributed by atoms with van der Waals surface area (Å²) in [6, 6.07) is 22.0. The summed E-state index contributed by atoms with van der Waals surface area (Å²) in [5, 5.41) is 11.3. The number of halogens is 3. The summed E-state index contributed by atoms with van der Waals surface area (Å²) in [5.41, 5.74) is 4.80. The Labute approximate surface area is 213 Å². The number of urea groups is 1. The molecule has 0 spiro atoms. The van der Waals surface area contributed by atoms with Crippen LogP contribution in [0.1, 0.15) is 36.4 Å². The average molecular weight is 511 g/mol. The van der Waals surface area contributed by atoms with E-state index in [4.69, 9.17) is 39.9 Å². The van der Waals surface area contributed by atoms with Gasteiger partial charge in [0, 0.05) is 26.7 Å². The quantitative estimate of drug-likeness (QED) is 0.377. The highest BCUT2D eigenvalue weighted by Crippen LogP contribution is 2.44. The number of allylic oxidation sites excluding steroid dienone is 1. The number of hydrogen-bond donors (Lipinski definition) is 1. The van der Waals surface area contributed by atoms with Crippen LogP contribution >= 0.6 is 34.8 Å². The Bertz CT molecular complexity index is 1270. The number of carbonyl (C=O) groups excluding carboxylic acids is 1. The van der Waals surface area contributed by atoms with Gasteiger partial charge in [-0.3, -0.25) is 0 Å². The second-order valence-electron chi connectivity index (χ2n) is 8.49. The van der Waals surface area contributed by atoms with E-state index in [0.29, 0.717) is 20.8 Å². The summed E-state index contributed by atoms with van der Waals surface area (Å²) in [6.07, 6.45) is 5.04. The van der Waals surface area contributed by atoms with Gasteiger partial charge in [-0.05, 0) is 84.5 Å². The summed E-state index contributed by atoms with van der Waals surface area (Å²) in [7, 11) is 0. The molecule has 4 nitrogen and oxygen atoms in total. The highest BCUT2D eigenvalue weighted by molar-refractivity contribution is 6.31. The molecule has 1 heterocycles. The number of rotatable bonds is 3. The molecule has 1 aliphatic carbocycles. The lowest BCUT2D eigenvalue weighted by Gasteiger charge is -2.29. The second kappa shape index (κ2) is 9.83. The molecule has 1 fully saturated rings. The van der Waals surface area contributed by atoms with Crippen molar-refractivity contribution in [3.05, 3.63) is 105 Å². The normalized spacial score (nSPS) is 20.7. The minimum absolute atomic E-state index is 0.0959. The third kappa shape index (κ3) is 4.85. The molecule has 0 radical (unpaired) electrons. The van der Waals surface area contributed by atoms with E-state index in [1.165, 1.54) is 0 Å². The zero-order valence-corrected chi connectivity index (χ0v) is 20.5. The van der Waals surface area contributed by atoms with Gasteiger partial charge in [0.05, 0.1) is 11.8 Å². The average Bonchev–Trinajstić information content (AvgIpc) is 3.22. The highest BCUT2D eigenvalue weighted by Gasteiger charge is 2.43. The lowest BCUT2D eigenvalue weighted by molar-refractivity contribution is 0.188. The number of hydrogen-bond acceptors (Lipinski definition) is 2. The van der Waals surface area contributed by atoms with E-state index >= 15 is 0 Å². The van der Waals surface area contributed by atoms with E-state index in [-0.39, 0.29) is 18.0 Å². The Kier molecular flexibility index (Phi) is 6.64. The molecule has 0 bridgehead atoms. The maximum absolute atomic E-state index is 13.4. The van der Waals surface area contributed by atoms with Gasteiger partial charge in [0.25, 0.3) is 0 Å². The van der Waals surface area contributed by atoms with Crippen LogP contribution in [0.4, 0.5) is 10.5 Å². The van der Waals surface area contributed by atoms with Gasteiger partial charge in [0.2, 0.25) is 0 Å². The third-order valence-corrected chi connectivity index (χ3v) is 6.95. The largest absolute Gasteiger partial charge is 0.342 e. The fourth-order valence-electron chi connectivity index (χ4n) is 4.67. The van der Waals surface area contributed by atoms with Gasteiger partial charge in [0.1, 0.15) is 0 Å². The first-order chi connectivity index (χ1) is 16.5. The molecule has 0 saturated heterocycles. The summed E-state index contributed by atoms with van der Waals surface area (Å²) < 4.78 is 0. The topological polar surface area (TPSA) is 44.7 Å². The number of nitrogens with zero attached hydrogens (tertiary/aromatic N) is 2. The third-order valence-electron chi connectivity index (χ3n) is 6.21. The van der Waals surface area contributed by atoms with Crippen LogP contribution in [0, 0.1) is 5.92 Å². The molecule has 1 saturated carbocycles. The van der Waals surface area contributed by atoms with E-state index in [1.807, 2.05) is 54.6 Å². The van der Waals surface area contributed by atoms with Crippen molar-refractivity contribution in [3.8, 4) is 0 Å². The first-order valence-corrected chi connectivity index (χ1v) is 12.3. The van der Waals surface area contributed by atoms with Crippen LogP contribution in [-0.4, -0.2) is 16.8 Å². The van der Waals surface area contributed by atoms with Crippen LogP contribution in [0.15, 0.2) is 83.5 Å². The van der Waals surface area contributed by atoms with Crippen molar-refractivity contribution in [2.75, 3.05) is 5.32 Å². The SMILES string of the molecule is O=C(Nc1cccc(Cl)c1)N1N=C2/C(=C/c3ccc(Cl)cc3)CCC[C@@H]2[C@@H]1c1ccc(Cl)cc1. The summed E-state index contributed by atoms with van der Waals surface area (Å²) >= 11 is 18.3. The van der Waals surface area contributed by atoms with Crippen LogP contribution in [0.3, 0.4) is 0 Å². The van der Waals surface area contributed by atoms with Crippen molar-refractivity contribution in [2.45, 2.75) is 25.3 Å². The van der Waals surface area contributed by atoms with E-state index in [0.717, 1.165) is 41.7 Å². The Morgan fingerprint density at radius 2 is 1.65 bits per heavy atom. The van der Waals surface area contributed by atoms with Gasteiger partial charge in [-0.25, -0.2) is 9.80 Å². The molecule has 3 aromatic rings. The van der Waals surface area contributed by atoms with Crippen LogP contribution in [0.2, 0.25) is 15.1 Å². The monoisotopic (exact) mass is 509 g/mol. The van der Waals surface area contributed by atoms with Crippen LogP contribution < -0.4 is 5.32 Å². The first kappa shape index (κ1) is 23.0. The van der Waals surface area contributed by atoms with E-state index < -0.39 is 0 Å². The Morgan fingerprint density at radius 1 is 0.941 bits per heavy atom. The molecule has 34 heavy (non-hydrogen) atoms. The van der Waals surface area contributed by atoms with Crippen molar-refractivity contribution in [3.63, 3.8) is 0 Å². The van der Waals surface area contributed by atoms with Crippen molar-refractivity contribution >= 4 is 58.3 Å². The lowest BCUT2D eigenvalue weighted by Crippen LogP contribution is -2.34. The van der Waals surface area contributed by atoms with Gasteiger partial charge in [0.15, 0.2) is 0 Å². The van der Waals surface area contributed by atoms with Crippen LogP contribution in [0.25, 0.3) is 6.08 Å². The maximum Gasteiger partial charge on any atom is 0.342 e. The van der Waals surface area contributed by atoms with Crippen molar-refractivity contribution in [1.29, 1.82) is 0 Å². The van der Waals surface area contributed by atoms with Crippen molar-refractivity contribution in [2.24, 2.45) is 11.0 Å². The minimum Gasteiger partial charge on any atom is -0.306 e. The number of carbonyl (C=O) groups is 1. The molecular weight excluding hydrogens is 489 g/mol. The summed E-state index contributed by atoms with van der Waals surface area (Å²) in [5.74, 6) is 0.0959. The lowest BCUT2D eigenvalue weighted by atomic mass is 9.77. The molecule has 7 heteroatoms. The van der Waals surface area contributed by atoms with Crippen molar-refractivity contribution in [1.82, 2.24) is 5.01 Å². The number of nitrogens with one attached hydrogen (secondary N) is 1. The number of anilines is 1. The summed E-state index contributed by atoms with van der Waals surface area (Å²) in [4.78, 5) is 13.4. The van der Waals surface area contributed by atoms with Crippen LogP contribution in [-0.2, 0) is 0 Å². The molecule has 1 N–H and O–H groups in total. The highest BCUT2D eigenvalue weighted by atomic mass is 35.5. The second-order valence-corrected chi connectivity index (χ2v) is 9.80.